The Bertz CT molecular complexity index is 779. The lowest BCUT2D eigenvalue weighted by molar-refractivity contribution is -0.160. The van der Waals surface area contributed by atoms with Crippen molar-refractivity contribution in [1.29, 1.82) is 0 Å². The molecular formula is C19H24FN3O3. The fourth-order valence-electron chi connectivity index (χ4n) is 3.45. The van der Waals surface area contributed by atoms with Crippen LogP contribution in [0.15, 0.2) is 34.9 Å². The van der Waals surface area contributed by atoms with E-state index in [4.69, 9.17) is 4.52 Å². The number of hydrogen-bond donors (Lipinski definition) is 1. The minimum atomic E-state index is -1.48. The van der Waals surface area contributed by atoms with Gasteiger partial charge in [-0.2, -0.15) is 0 Å². The number of aryl methyl sites for hydroxylation is 1. The van der Waals surface area contributed by atoms with Crippen LogP contribution in [0.1, 0.15) is 29.9 Å². The summed E-state index contributed by atoms with van der Waals surface area (Å²) in [7, 11) is 1.82. The fraction of sp³-hybridized carbons (Fsp3) is 0.474. The monoisotopic (exact) mass is 361 g/mol. The van der Waals surface area contributed by atoms with Gasteiger partial charge in [0.15, 0.2) is 11.4 Å². The second-order valence-electron chi connectivity index (χ2n) is 7.06. The maximum absolute atomic E-state index is 13.9. The quantitative estimate of drug-likeness (QED) is 0.853. The lowest BCUT2D eigenvalue weighted by Crippen LogP contribution is -2.57. The van der Waals surface area contributed by atoms with E-state index < -0.39 is 5.60 Å². The van der Waals surface area contributed by atoms with Crippen molar-refractivity contribution < 1.29 is 18.8 Å². The van der Waals surface area contributed by atoms with E-state index in [2.05, 4.69) is 5.16 Å². The van der Waals surface area contributed by atoms with Gasteiger partial charge in [-0.05, 0) is 32.9 Å². The number of halogens is 1. The van der Waals surface area contributed by atoms with E-state index in [-0.39, 0.29) is 24.8 Å². The molecule has 1 saturated heterocycles. The maximum atomic E-state index is 13.9. The molecule has 0 spiro atoms. The predicted molar refractivity (Wildman–Crippen MR) is 93.6 cm³/mol. The Morgan fingerprint density at radius 1 is 1.42 bits per heavy atom. The van der Waals surface area contributed by atoms with Crippen LogP contribution in [0.2, 0.25) is 0 Å². The van der Waals surface area contributed by atoms with Gasteiger partial charge in [-0.3, -0.25) is 9.69 Å². The third kappa shape index (κ3) is 4.11. The molecule has 1 fully saturated rings. The Balaban J connectivity index is 1.66. The topological polar surface area (TPSA) is 69.8 Å². The van der Waals surface area contributed by atoms with Crippen LogP contribution in [0, 0.1) is 12.7 Å². The summed E-state index contributed by atoms with van der Waals surface area (Å²) in [4.78, 5) is 16.2. The van der Waals surface area contributed by atoms with Gasteiger partial charge in [0.05, 0.1) is 12.2 Å². The molecule has 6 nitrogen and oxygen atoms in total. The largest absolute Gasteiger partial charge is 0.379 e. The number of amides is 1. The number of aromatic nitrogens is 1. The molecule has 0 saturated carbocycles. The molecule has 7 heteroatoms. The molecule has 0 radical (unpaired) electrons. The number of carbonyl (C=O) groups excluding carboxylic acids is 1. The highest BCUT2D eigenvalue weighted by Gasteiger charge is 2.43. The number of likely N-dealkylation sites (N-methyl/N-ethyl adjacent to an activating group) is 1. The molecule has 0 bridgehead atoms. The zero-order valence-corrected chi connectivity index (χ0v) is 15.1. The first-order valence-corrected chi connectivity index (χ1v) is 8.73. The van der Waals surface area contributed by atoms with E-state index in [9.17, 15) is 14.3 Å². The molecule has 1 N–H and O–H groups in total. The number of hydrogen-bond acceptors (Lipinski definition) is 5. The number of carbonyl (C=O) groups is 1. The minimum Gasteiger partial charge on any atom is -0.379 e. The summed E-state index contributed by atoms with van der Waals surface area (Å²) in [5, 5.41) is 14.8. The van der Waals surface area contributed by atoms with E-state index in [0.717, 1.165) is 5.69 Å². The van der Waals surface area contributed by atoms with Crippen LogP contribution in [0.3, 0.4) is 0 Å². The Labute approximate surface area is 152 Å². The summed E-state index contributed by atoms with van der Waals surface area (Å²) in [6.45, 7) is 3.15. The van der Waals surface area contributed by atoms with Gasteiger partial charge in [0.25, 0.3) is 5.91 Å². The molecule has 1 aromatic heterocycles. The van der Waals surface area contributed by atoms with Crippen molar-refractivity contribution in [3.05, 3.63) is 53.2 Å². The molecule has 1 aliphatic heterocycles. The zero-order valence-electron chi connectivity index (χ0n) is 15.1. The lowest BCUT2D eigenvalue weighted by Gasteiger charge is -2.40. The fourth-order valence-corrected chi connectivity index (χ4v) is 3.45. The number of benzene rings is 1. The Hall–Kier alpha value is -2.25. The predicted octanol–water partition coefficient (Wildman–Crippen LogP) is 2.11. The number of nitrogens with zero attached hydrogens (tertiary/aromatic N) is 3. The molecule has 1 amide bonds. The van der Waals surface area contributed by atoms with E-state index >= 15 is 0 Å². The highest BCUT2D eigenvalue weighted by Crippen LogP contribution is 2.26. The molecule has 0 unspecified atom stereocenters. The molecule has 1 aromatic carbocycles. The maximum Gasteiger partial charge on any atom is 0.256 e. The standard InChI is InChI=1S/C19H24FN3O3/c1-14-10-16(26-21-14)12-22(2)13-19(25)8-5-9-23(18(19)24)11-15-6-3-4-7-17(15)20/h3-4,6-7,10,25H,5,8-9,11-13H2,1-2H3/t19-/m1/s1. The number of piperidine rings is 1. The van der Waals surface area contributed by atoms with Gasteiger partial charge in [0.2, 0.25) is 0 Å². The average Bonchev–Trinajstić information content (AvgIpc) is 2.98. The third-order valence-electron chi connectivity index (χ3n) is 4.66. The smallest absolute Gasteiger partial charge is 0.256 e. The molecular weight excluding hydrogens is 337 g/mol. The third-order valence-corrected chi connectivity index (χ3v) is 4.66. The van der Waals surface area contributed by atoms with Crippen molar-refractivity contribution in [2.24, 2.45) is 0 Å². The van der Waals surface area contributed by atoms with Gasteiger partial charge in [-0.1, -0.05) is 23.4 Å². The Morgan fingerprint density at radius 3 is 2.88 bits per heavy atom. The zero-order chi connectivity index (χ0) is 18.7. The van der Waals surface area contributed by atoms with Crippen LogP contribution in [0.5, 0.6) is 0 Å². The number of likely N-dealkylation sites (tertiary alicyclic amines) is 1. The SMILES string of the molecule is Cc1cc(CN(C)C[C@]2(O)CCCN(Cc3ccccc3F)C2=O)on1. The average molecular weight is 361 g/mol. The molecule has 1 atom stereocenters. The second kappa shape index (κ2) is 7.55. The van der Waals surface area contributed by atoms with Crippen molar-refractivity contribution in [2.45, 2.75) is 38.5 Å². The van der Waals surface area contributed by atoms with Crippen LogP contribution in [-0.2, 0) is 17.9 Å². The number of aliphatic hydroxyl groups is 1. The van der Waals surface area contributed by atoms with E-state index in [1.165, 1.54) is 11.0 Å². The molecule has 26 heavy (non-hydrogen) atoms. The highest BCUT2D eigenvalue weighted by atomic mass is 19.1. The first kappa shape index (κ1) is 18.5. The summed E-state index contributed by atoms with van der Waals surface area (Å²) in [5.41, 5.74) is -0.236. The Morgan fingerprint density at radius 2 is 2.19 bits per heavy atom. The summed E-state index contributed by atoms with van der Waals surface area (Å²) in [5.74, 6) is -0.0140. The van der Waals surface area contributed by atoms with Gasteiger partial charge < -0.3 is 14.5 Å². The van der Waals surface area contributed by atoms with Crippen molar-refractivity contribution in [3.63, 3.8) is 0 Å². The number of rotatable bonds is 6. The molecule has 140 valence electrons. The molecule has 2 aromatic rings. The first-order chi connectivity index (χ1) is 12.4. The van der Waals surface area contributed by atoms with Crippen LogP contribution >= 0.6 is 0 Å². The van der Waals surface area contributed by atoms with Crippen molar-refractivity contribution in [1.82, 2.24) is 15.0 Å². The van der Waals surface area contributed by atoms with Gasteiger partial charge >= 0.3 is 0 Å². The molecule has 3 rings (SSSR count). The highest BCUT2D eigenvalue weighted by molar-refractivity contribution is 5.86. The Kier molecular flexibility index (Phi) is 5.38. The van der Waals surface area contributed by atoms with Gasteiger partial charge in [-0.25, -0.2) is 4.39 Å². The normalized spacial score (nSPS) is 20.8. The van der Waals surface area contributed by atoms with E-state index in [0.29, 0.717) is 37.3 Å². The summed E-state index contributed by atoms with van der Waals surface area (Å²) < 4.78 is 19.1. The summed E-state index contributed by atoms with van der Waals surface area (Å²) in [6, 6.07) is 8.23. The first-order valence-electron chi connectivity index (χ1n) is 8.73. The van der Waals surface area contributed by atoms with Crippen LogP contribution < -0.4 is 0 Å². The van der Waals surface area contributed by atoms with Gasteiger partial charge in [0.1, 0.15) is 5.82 Å². The van der Waals surface area contributed by atoms with E-state index in [1.54, 1.807) is 18.2 Å². The van der Waals surface area contributed by atoms with Crippen molar-refractivity contribution in [3.8, 4) is 0 Å². The van der Waals surface area contributed by atoms with Crippen molar-refractivity contribution in [2.75, 3.05) is 20.1 Å². The lowest BCUT2D eigenvalue weighted by atomic mass is 9.90. The van der Waals surface area contributed by atoms with Gasteiger partial charge in [-0.15, -0.1) is 0 Å². The molecule has 0 aliphatic carbocycles. The van der Waals surface area contributed by atoms with E-state index in [1.807, 2.05) is 24.9 Å². The summed E-state index contributed by atoms with van der Waals surface area (Å²) in [6.07, 6.45) is 1.06. The van der Waals surface area contributed by atoms with Crippen LogP contribution in [0.4, 0.5) is 4.39 Å². The second-order valence-corrected chi connectivity index (χ2v) is 7.06. The minimum absolute atomic E-state index is 0.166. The van der Waals surface area contributed by atoms with Crippen LogP contribution in [-0.4, -0.2) is 51.7 Å². The summed E-state index contributed by atoms with van der Waals surface area (Å²) >= 11 is 0. The molecule has 1 aliphatic rings. The van der Waals surface area contributed by atoms with Crippen LogP contribution in [0.25, 0.3) is 0 Å². The molecule has 2 heterocycles. The van der Waals surface area contributed by atoms with Crippen molar-refractivity contribution >= 4 is 5.91 Å². The van der Waals surface area contributed by atoms with Gasteiger partial charge in [0, 0.05) is 31.3 Å².